The molecule has 196 valence electrons. The number of aryl methyl sites for hydroxylation is 2. The predicted octanol–water partition coefficient (Wildman–Crippen LogP) is 5.18. The summed E-state index contributed by atoms with van der Waals surface area (Å²) >= 11 is 0. The Balaban J connectivity index is 1.53. The first-order chi connectivity index (χ1) is 18.0. The average molecular weight is 550 g/mol. The van der Waals surface area contributed by atoms with Crippen LogP contribution in [0.25, 0.3) is 0 Å². The van der Waals surface area contributed by atoms with Gasteiger partial charge in [0.05, 0.1) is 21.0 Å². The molecule has 0 radical (unpaired) electrons. The lowest BCUT2D eigenvalue weighted by Gasteiger charge is -2.22. The number of sulfonamides is 2. The van der Waals surface area contributed by atoms with Crippen LogP contribution in [-0.2, 0) is 20.0 Å². The van der Waals surface area contributed by atoms with E-state index < -0.39 is 26.0 Å². The second-order valence-corrected chi connectivity index (χ2v) is 12.3. The van der Waals surface area contributed by atoms with Gasteiger partial charge in [0.1, 0.15) is 0 Å². The second-order valence-electron chi connectivity index (χ2n) is 8.69. The molecule has 4 rings (SSSR count). The van der Waals surface area contributed by atoms with E-state index in [4.69, 9.17) is 0 Å². The highest BCUT2D eigenvalue weighted by molar-refractivity contribution is 7.93. The van der Waals surface area contributed by atoms with Crippen molar-refractivity contribution in [2.45, 2.75) is 23.6 Å². The quantitative estimate of drug-likeness (QED) is 0.314. The van der Waals surface area contributed by atoms with Crippen LogP contribution < -0.4 is 14.3 Å². The molecule has 8 nitrogen and oxygen atoms in total. The van der Waals surface area contributed by atoms with E-state index in [1.54, 1.807) is 48.5 Å². The first-order valence-electron chi connectivity index (χ1n) is 11.6. The van der Waals surface area contributed by atoms with Crippen LogP contribution in [0.3, 0.4) is 0 Å². The van der Waals surface area contributed by atoms with Gasteiger partial charge in [0.2, 0.25) is 0 Å². The summed E-state index contributed by atoms with van der Waals surface area (Å²) in [5.74, 6) is -0.542. The van der Waals surface area contributed by atoms with Crippen molar-refractivity contribution in [2.75, 3.05) is 21.4 Å². The van der Waals surface area contributed by atoms with Crippen LogP contribution in [0.2, 0.25) is 0 Å². The average Bonchev–Trinajstić information content (AvgIpc) is 2.91. The maximum atomic E-state index is 13.1. The van der Waals surface area contributed by atoms with E-state index in [0.717, 1.165) is 15.4 Å². The van der Waals surface area contributed by atoms with Crippen LogP contribution in [-0.4, -0.2) is 29.8 Å². The summed E-state index contributed by atoms with van der Waals surface area (Å²) in [6, 6.07) is 25.3. The van der Waals surface area contributed by atoms with Gasteiger partial charge in [-0.2, -0.15) is 0 Å². The van der Waals surface area contributed by atoms with E-state index >= 15 is 0 Å². The minimum atomic E-state index is -3.89. The number of rotatable bonds is 8. The molecule has 0 saturated heterocycles. The number of carbonyl (C=O) groups excluding carboxylic acids is 1. The van der Waals surface area contributed by atoms with E-state index in [2.05, 4.69) is 10.0 Å². The summed E-state index contributed by atoms with van der Waals surface area (Å²) < 4.78 is 55.5. The summed E-state index contributed by atoms with van der Waals surface area (Å²) in [7, 11) is -6.35. The van der Waals surface area contributed by atoms with Crippen molar-refractivity contribution in [2.24, 2.45) is 0 Å². The van der Waals surface area contributed by atoms with Crippen molar-refractivity contribution >= 4 is 43.0 Å². The molecule has 4 aromatic carbocycles. The Morgan fingerprint density at radius 2 is 1.29 bits per heavy atom. The fourth-order valence-corrected chi connectivity index (χ4v) is 6.04. The third kappa shape index (κ3) is 5.71. The summed E-state index contributed by atoms with van der Waals surface area (Å²) in [5, 5.41) is 2.71. The number of nitrogens with one attached hydrogen (secondary N) is 2. The number of nitrogens with zero attached hydrogens (tertiary/aromatic N) is 1. The van der Waals surface area contributed by atoms with E-state index in [9.17, 15) is 21.6 Å². The number of amides is 1. The fourth-order valence-electron chi connectivity index (χ4n) is 3.76. The largest absolute Gasteiger partial charge is 0.322 e. The molecule has 0 aliphatic carbocycles. The van der Waals surface area contributed by atoms with E-state index in [1.807, 2.05) is 19.9 Å². The second kappa shape index (κ2) is 10.7. The lowest BCUT2D eigenvalue weighted by atomic mass is 10.1. The topological polar surface area (TPSA) is 113 Å². The minimum Gasteiger partial charge on any atom is -0.322 e. The number of anilines is 3. The van der Waals surface area contributed by atoms with Gasteiger partial charge in [-0.25, -0.2) is 16.8 Å². The van der Waals surface area contributed by atoms with Crippen molar-refractivity contribution in [1.82, 2.24) is 0 Å². The van der Waals surface area contributed by atoms with Gasteiger partial charge < -0.3 is 5.32 Å². The zero-order chi connectivity index (χ0) is 27.5. The summed E-state index contributed by atoms with van der Waals surface area (Å²) in [4.78, 5) is 13.3. The molecule has 10 heteroatoms. The molecule has 0 saturated carbocycles. The smallest absolute Gasteiger partial charge is 0.264 e. The zero-order valence-corrected chi connectivity index (χ0v) is 22.7. The molecule has 0 unspecified atom stereocenters. The Labute approximate surface area is 223 Å². The normalized spacial score (nSPS) is 11.6. The minimum absolute atomic E-state index is 0.0304. The van der Waals surface area contributed by atoms with E-state index in [-0.39, 0.29) is 21.0 Å². The van der Waals surface area contributed by atoms with Crippen molar-refractivity contribution in [3.63, 3.8) is 0 Å². The highest BCUT2D eigenvalue weighted by Crippen LogP contribution is 2.27. The zero-order valence-electron chi connectivity index (χ0n) is 21.0. The lowest BCUT2D eigenvalue weighted by Crippen LogP contribution is -2.29. The number of hydrogen-bond donors (Lipinski definition) is 2. The summed E-state index contributed by atoms with van der Waals surface area (Å²) in [6.07, 6.45) is 0. The van der Waals surface area contributed by atoms with Crippen LogP contribution >= 0.6 is 0 Å². The number of para-hydroxylation sites is 1. The first kappa shape index (κ1) is 26.9. The fraction of sp³-hybridized carbons (Fsp3) is 0.107. The van der Waals surface area contributed by atoms with Gasteiger partial charge in [-0.3, -0.25) is 13.8 Å². The van der Waals surface area contributed by atoms with Crippen LogP contribution in [0, 0.1) is 13.8 Å². The molecule has 0 bridgehead atoms. The maximum absolute atomic E-state index is 13.1. The molecule has 0 aliphatic heterocycles. The third-order valence-corrected chi connectivity index (χ3v) is 9.25. The number of hydrogen-bond acceptors (Lipinski definition) is 5. The molecule has 0 fully saturated rings. The molecule has 38 heavy (non-hydrogen) atoms. The summed E-state index contributed by atoms with van der Waals surface area (Å²) in [6.45, 7) is 3.84. The molecule has 0 aliphatic rings. The Kier molecular flexibility index (Phi) is 7.56. The van der Waals surface area contributed by atoms with Crippen LogP contribution in [0.4, 0.5) is 17.1 Å². The predicted molar refractivity (Wildman–Crippen MR) is 150 cm³/mol. The van der Waals surface area contributed by atoms with Gasteiger partial charge in [-0.05, 0) is 85.6 Å². The SMILES string of the molecule is Cc1ccc(NS(=O)(=O)c2ccc(NC(=O)c3ccccc3N(C)S(=O)(=O)c3ccccc3)cc2)cc1C. The lowest BCUT2D eigenvalue weighted by molar-refractivity contribution is 0.102. The molecule has 0 heterocycles. The van der Waals surface area contributed by atoms with E-state index in [0.29, 0.717) is 11.4 Å². The molecule has 1 amide bonds. The monoisotopic (exact) mass is 549 g/mol. The van der Waals surface area contributed by atoms with Crippen LogP contribution in [0.5, 0.6) is 0 Å². The third-order valence-electron chi connectivity index (χ3n) is 6.07. The molecule has 0 spiro atoms. The van der Waals surface area contributed by atoms with Crippen molar-refractivity contribution in [3.05, 3.63) is 114 Å². The molecule has 2 N–H and O–H groups in total. The Morgan fingerprint density at radius 1 is 0.684 bits per heavy atom. The van der Waals surface area contributed by atoms with Gasteiger partial charge in [-0.15, -0.1) is 0 Å². The van der Waals surface area contributed by atoms with Crippen molar-refractivity contribution in [1.29, 1.82) is 0 Å². The molecule has 0 atom stereocenters. The Hall–Kier alpha value is -4.15. The maximum Gasteiger partial charge on any atom is 0.264 e. The first-order valence-corrected chi connectivity index (χ1v) is 14.6. The highest BCUT2D eigenvalue weighted by atomic mass is 32.2. The van der Waals surface area contributed by atoms with Crippen LogP contribution in [0.15, 0.2) is 107 Å². The Bertz CT molecular complexity index is 1690. The Morgan fingerprint density at radius 3 is 1.95 bits per heavy atom. The van der Waals surface area contributed by atoms with Gasteiger partial charge in [0, 0.05) is 18.4 Å². The van der Waals surface area contributed by atoms with E-state index in [1.165, 1.54) is 49.5 Å². The molecule has 4 aromatic rings. The van der Waals surface area contributed by atoms with Crippen molar-refractivity contribution < 1.29 is 21.6 Å². The van der Waals surface area contributed by atoms with Gasteiger partial charge >= 0.3 is 0 Å². The number of benzene rings is 4. The van der Waals surface area contributed by atoms with Crippen LogP contribution in [0.1, 0.15) is 21.5 Å². The summed E-state index contributed by atoms with van der Waals surface area (Å²) in [5.41, 5.74) is 3.16. The van der Waals surface area contributed by atoms with Crippen molar-refractivity contribution in [3.8, 4) is 0 Å². The number of carbonyl (C=O) groups is 1. The molecular weight excluding hydrogens is 522 g/mol. The highest BCUT2D eigenvalue weighted by Gasteiger charge is 2.25. The van der Waals surface area contributed by atoms with Gasteiger partial charge in [-0.1, -0.05) is 36.4 Å². The molecule has 0 aromatic heterocycles. The van der Waals surface area contributed by atoms with Gasteiger partial charge in [0.25, 0.3) is 26.0 Å². The van der Waals surface area contributed by atoms with Gasteiger partial charge in [0.15, 0.2) is 0 Å². The standard InChI is InChI=1S/C28H27N3O5S2/c1-20-13-14-23(19-21(20)2)30-37(33,34)24-17-15-22(16-18-24)29-28(32)26-11-7-8-12-27(26)31(3)38(35,36)25-9-5-4-6-10-25/h4-19,30H,1-3H3,(H,29,32). The molecular formula is C28H27N3O5S2.